The van der Waals surface area contributed by atoms with Crippen LogP contribution in [0.4, 0.5) is 5.13 Å². The first-order valence-electron chi connectivity index (χ1n) is 8.67. The number of amides is 2. The summed E-state index contributed by atoms with van der Waals surface area (Å²) in [6.07, 6.45) is 3.61. The van der Waals surface area contributed by atoms with E-state index in [0.29, 0.717) is 27.7 Å². The van der Waals surface area contributed by atoms with E-state index in [1.165, 1.54) is 11.3 Å². The first-order chi connectivity index (χ1) is 13.2. The second-order valence-electron chi connectivity index (χ2n) is 7.19. The number of carbonyl (C=O) groups excluding carboxylic acids is 2. The van der Waals surface area contributed by atoms with Crippen LogP contribution in [0.15, 0.2) is 42.0 Å². The van der Waals surface area contributed by atoms with Crippen molar-refractivity contribution in [3.63, 3.8) is 0 Å². The standard InChI is InChI=1S/C19H20BN5O2S/c1-19(2,3)25-8-7-12(10-25)17(27)21-9-16(26)24-18-23-14(11-28-18)13-5-4-6-15(20)22-13/h4-8,10-11H,9H2,1-3H3,(H,21,27)(H,23,24,26). The monoisotopic (exact) mass is 393 g/mol. The number of thiazole rings is 1. The van der Waals surface area contributed by atoms with Gasteiger partial charge in [-0.25, -0.2) is 4.98 Å². The highest BCUT2D eigenvalue weighted by Crippen LogP contribution is 2.22. The molecular weight excluding hydrogens is 373 g/mol. The molecule has 0 fully saturated rings. The van der Waals surface area contributed by atoms with Crippen molar-refractivity contribution in [1.82, 2.24) is 19.9 Å². The summed E-state index contributed by atoms with van der Waals surface area (Å²) in [5.41, 5.74) is 2.05. The second-order valence-corrected chi connectivity index (χ2v) is 8.05. The minimum Gasteiger partial charge on any atom is -0.348 e. The van der Waals surface area contributed by atoms with Crippen molar-refractivity contribution in [3.05, 3.63) is 47.6 Å². The molecule has 3 heterocycles. The van der Waals surface area contributed by atoms with Crippen LogP contribution in [0.5, 0.6) is 0 Å². The van der Waals surface area contributed by atoms with Crippen molar-refractivity contribution < 1.29 is 9.59 Å². The van der Waals surface area contributed by atoms with Crippen LogP contribution in [-0.2, 0) is 10.3 Å². The lowest BCUT2D eigenvalue weighted by Gasteiger charge is -2.20. The average Bonchev–Trinajstić information content (AvgIpc) is 3.29. The van der Waals surface area contributed by atoms with E-state index in [1.807, 2.05) is 31.5 Å². The Kier molecular flexibility index (Phi) is 5.64. The minimum absolute atomic E-state index is 0.114. The molecule has 2 radical (unpaired) electrons. The molecule has 28 heavy (non-hydrogen) atoms. The Hall–Kier alpha value is -2.94. The Morgan fingerprint density at radius 3 is 2.64 bits per heavy atom. The molecule has 2 N–H and O–H groups in total. The van der Waals surface area contributed by atoms with Crippen LogP contribution >= 0.6 is 11.3 Å². The lowest BCUT2D eigenvalue weighted by Crippen LogP contribution is -2.32. The summed E-state index contributed by atoms with van der Waals surface area (Å²) in [7, 11) is 5.68. The van der Waals surface area contributed by atoms with Crippen molar-refractivity contribution in [2.24, 2.45) is 0 Å². The van der Waals surface area contributed by atoms with Crippen LogP contribution in [0.2, 0.25) is 0 Å². The summed E-state index contributed by atoms with van der Waals surface area (Å²) in [6.45, 7) is 5.99. The van der Waals surface area contributed by atoms with E-state index in [2.05, 4.69) is 20.6 Å². The van der Waals surface area contributed by atoms with Crippen LogP contribution in [0.3, 0.4) is 0 Å². The highest BCUT2D eigenvalue weighted by Gasteiger charge is 2.16. The van der Waals surface area contributed by atoms with Gasteiger partial charge in [-0.2, -0.15) is 0 Å². The molecule has 0 bridgehead atoms. The van der Waals surface area contributed by atoms with Crippen LogP contribution in [0.1, 0.15) is 31.1 Å². The second kappa shape index (κ2) is 7.98. The van der Waals surface area contributed by atoms with Gasteiger partial charge in [-0.05, 0) is 38.5 Å². The normalized spacial score (nSPS) is 11.2. The molecule has 0 aliphatic rings. The fourth-order valence-corrected chi connectivity index (χ4v) is 3.14. The van der Waals surface area contributed by atoms with E-state index in [4.69, 9.17) is 7.85 Å². The largest absolute Gasteiger partial charge is 0.348 e. The Labute approximate surface area is 168 Å². The molecule has 3 rings (SSSR count). The van der Waals surface area contributed by atoms with Gasteiger partial charge in [0.25, 0.3) is 5.91 Å². The van der Waals surface area contributed by atoms with Crippen LogP contribution < -0.4 is 16.2 Å². The molecule has 3 aromatic rings. The summed E-state index contributed by atoms with van der Waals surface area (Å²) < 4.78 is 1.95. The molecule has 3 aromatic heterocycles. The average molecular weight is 393 g/mol. The molecule has 0 saturated carbocycles. The van der Waals surface area contributed by atoms with Crippen molar-refractivity contribution in [3.8, 4) is 11.4 Å². The maximum Gasteiger partial charge on any atom is 0.253 e. The molecule has 0 spiro atoms. The van der Waals surface area contributed by atoms with Gasteiger partial charge in [-0.15, -0.1) is 11.3 Å². The lowest BCUT2D eigenvalue weighted by molar-refractivity contribution is -0.115. The van der Waals surface area contributed by atoms with E-state index < -0.39 is 0 Å². The zero-order valence-electron chi connectivity index (χ0n) is 15.9. The molecule has 7 nitrogen and oxygen atoms in total. The summed E-state index contributed by atoms with van der Waals surface area (Å²) in [5.74, 6) is -0.660. The third-order valence-electron chi connectivity index (χ3n) is 3.92. The fraction of sp³-hybridized carbons (Fsp3) is 0.263. The SMILES string of the molecule is [B]c1cccc(-c2csc(NC(=O)CNC(=O)c3ccn(C(C)(C)C)c3)n2)n1. The molecule has 0 aromatic carbocycles. The van der Waals surface area contributed by atoms with Gasteiger partial charge in [0, 0.05) is 23.3 Å². The first kappa shape index (κ1) is 19.8. The summed E-state index contributed by atoms with van der Waals surface area (Å²) in [4.78, 5) is 32.9. The van der Waals surface area contributed by atoms with Gasteiger partial charge in [-0.3, -0.25) is 14.6 Å². The molecule has 0 aliphatic heterocycles. The molecule has 0 atom stereocenters. The quantitative estimate of drug-likeness (QED) is 0.649. The molecule has 142 valence electrons. The summed E-state index contributed by atoms with van der Waals surface area (Å²) >= 11 is 1.28. The van der Waals surface area contributed by atoms with Crippen molar-refractivity contribution in [1.29, 1.82) is 0 Å². The number of carbonyl (C=O) groups is 2. The lowest BCUT2D eigenvalue weighted by atomic mass is 10.0. The van der Waals surface area contributed by atoms with Crippen molar-refractivity contribution >= 4 is 41.7 Å². The highest BCUT2D eigenvalue weighted by molar-refractivity contribution is 7.14. The zero-order valence-corrected chi connectivity index (χ0v) is 16.7. The number of rotatable bonds is 5. The Morgan fingerprint density at radius 2 is 1.96 bits per heavy atom. The maximum atomic E-state index is 12.2. The van der Waals surface area contributed by atoms with Gasteiger partial charge in [0.15, 0.2) is 5.13 Å². The van der Waals surface area contributed by atoms with Crippen LogP contribution in [0.25, 0.3) is 11.4 Å². The zero-order chi connectivity index (χ0) is 20.3. The van der Waals surface area contributed by atoms with Crippen molar-refractivity contribution in [2.45, 2.75) is 26.3 Å². The van der Waals surface area contributed by atoms with E-state index in [0.717, 1.165) is 0 Å². The topological polar surface area (TPSA) is 88.9 Å². The highest BCUT2D eigenvalue weighted by atomic mass is 32.1. The number of hydrogen-bond donors (Lipinski definition) is 2. The third-order valence-corrected chi connectivity index (χ3v) is 4.68. The molecule has 0 saturated heterocycles. The number of hydrogen-bond acceptors (Lipinski definition) is 5. The number of nitrogens with one attached hydrogen (secondary N) is 2. The number of aromatic nitrogens is 3. The van der Waals surface area contributed by atoms with Gasteiger partial charge < -0.3 is 15.2 Å². The van der Waals surface area contributed by atoms with Gasteiger partial charge in [-0.1, -0.05) is 12.1 Å². The van der Waals surface area contributed by atoms with Crippen molar-refractivity contribution in [2.75, 3.05) is 11.9 Å². The Bertz CT molecular complexity index is 1010. The predicted molar refractivity (Wildman–Crippen MR) is 111 cm³/mol. The van der Waals surface area contributed by atoms with Crippen LogP contribution in [0, 0.1) is 0 Å². The summed E-state index contributed by atoms with van der Waals surface area (Å²) in [6, 6.07) is 7.00. The smallest absolute Gasteiger partial charge is 0.253 e. The molecule has 2 amide bonds. The molecule has 0 unspecified atom stereocenters. The van der Waals surface area contributed by atoms with E-state index >= 15 is 0 Å². The maximum absolute atomic E-state index is 12.2. The predicted octanol–water partition coefficient (Wildman–Crippen LogP) is 1.92. The van der Waals surface area contributed by atoms with Gasteiger partial charge in [0.2, 0.25) is 5.91 Å². The molecule has 0 aliphatic carbocycles. The van der Waals surface area contributed by atoms with E-state index in [1.54, 1.807) is 35.8 Å². The molecular formula is C19H20BN5O2S. The Balaban J connectivity index is 1.55. The van der Waals surface area contributed by atoms with Gasteiger partial charge >= 0.3 is 0 Å². The first-order valence-corrected chi connectivity index (χ1v) is 9.55. The third kappa shape index (κ3) is 4.86. The van der Waals surface area contributed by atoms with E-state index in [9.17, 15) is 9.59 Å². The van der Waals surface area contributed by atoms with E-state index in [-0.39, 0.29) is 23.9 Å². The Morgan fingerprint density at radius 1 is 1.18 bits per heavy atom. The fourth-order valence-electron chi connectivity index (χ4n) is 2.42. The van der Waals surface area contributed by atoms with Crippen LogP contribution in [-0.4, -0.2) is 40.7 Å². The number of nitrogens with zero attached hydrogens (tertiary/aromatic N) is 3. The summed E-state index contributed by atoms with van der Waals surface area (Å²) in [5, 5.41) is 7.50. The van der Waals surface area contributed by atoms with Gasteiger partial charge in [0.1, 0.15) is 13.5 Å². The molecule has 9 heteroatoms. The number of pyridine rings is 1. The van der Waals surface area contributed by atoms with Gasteiger partial charge in [0.05, 0.1) is 17.8 Å². The minimum atomic E-state index is -0.356. The number of anilines is 1.